The lowest BCUT2D eigenvalue weighted by atomic mass is 9.88. The van der Waals surface area contributed by atoms with Gasteiger partial charge in [-0.1, -0.05) is 49.4 Å². The molecule has 0 bridgehead atoms. The maximum atomic E-state index is 12.9. The van der Waals surface area contributed by atoms with Crippen molar-refractivity contribution < 1.29 is 14.3 Å². The van der Waals surface area contributed by atoms with Crippen LogP contribution in [0.4, 0.5) is 5.69 Å². The average Bonchev–Trinajstić information content (AvgIpc) is 2.74. The van der Waals surface area contributed by atoms with Gasteiger partial charge < -0.3 is 15.8 Å². The number of ether oxygens (including phenoxy) is 1. The highest BCUT2D eigenvalue weighted by Crippen LogP contribution is 2.35. The highest BCUT2D eigenvalue weighted by Gasteiger charge is 2.30. The SMILES string of the molecule is CCCCOC(=O)c1ccccc1NC(=O)c1cccc(C2(C)CCSC(N)=N2)c1. The van der Waals surface area contributed by atoms with Crippen molar-refractivity contribution in [2.24, 2.45) is 10.7 Å². The second-order valence-corrected chi connectivity index (χ2v) is 8.51. The second-order valence-electron chi connectivity index (χ2n) is 7.39. The number of hydrogen-bond acceptors (Lipinski definition) is 6. The van der Waals surface area contributed by atoms with E-state index in [0.29, 0.717) is 28.6 Å². The van der Waals surface area contributed by atoms with Crippen LogP contribution in [0.25, 0.3) is 0 Å². The number of aliphatic imine (C=N–C) groups is 1. The molecule has 0 saturated heterocycles. The van der Waals surface area contributed by atoms with Crippen molar-refractivity contribution in [3.8, 4) is 0 Å². The highest BCUT2D eigenvalue weighted by molar-refractivity contribution is 8.13. The van der Waals surface area contributed by atoms with Crippen LogP contribution in [-0.2, 0) is 10.3 Å². The Bertz CT molecular complexity index is 960. The molecule has 0 spiro atoms. The lowest BCUT2D eigenvalue weighted by molar-refractivity contribution is 0.0501. The molecule has 1 aliphatic rings. The van der Waals surface area contributed by atoms with Gasteiger partial charge in [-0.25, -0.2) is 4.79 Å². The molecular formula is C23H27N3O3S. The molecule has 0 radical (unpaired) electrons. The van der Waals surface area contributed by atoms with Gasteiger partial charge in [-0.15, -0.1) is 0 Å². The van der Waals surface area contributed by atoms with Crippen LogP contribution in [-0.4, -0.2) is 29.4 Å². The third kappa shape index (κ3) is 5.21. The van der Waals surface area contributed by atoms with Crippen molar-refractivity contribution in [1.82, 2.24) is 0 Å². The number of esters is 1. The first-order chi connectivity index (χ1) is 14.4. The Morgan fingerprint density at radius 1 is 1.23 bits per heavy atom. The normalized spacial score (nSPS) is 18.4. The summed E-state index contributed by atoms with van der Waals surface area (Å²) in [5.74, 6) is 0.150. The molecule has 2 aromatic rings. The Hall–Kier alpha value is -2.80. The monoisotopic (exact) mass is 425 g/mol. The number of hydrogen-bond donors (Lipinski definition) is 2. The third-order valence-corrected chi connectivity index (χ3v) is 5.86. The first-order valence-corrected chi connectivity index (χ1v) is 11.1. The Labute approximate surface area is 181 Å². The summed E-state index contributed by atoms with van der Waals surface area (Å²) >= 11 is 1.54. The van der Waals surface area contributed by atoms with E-state index < -0.39 is 11.5 Å². The van der Waals surface area contributed by atoms with E-state index in [1.54, 1.807) is 42.1 Å². The minimum Gasteiger partial charge on any atom is -0.462 e. The van der Waals surface area contributed by atoms with Crippen LogP contribution >= 0.6 is 11.8 Å². The van der Waals surface area contributed by atoms with Crippen molar-refractivity contribution in [3.05, 3.63) is 65.2 Å². The van der Waals surface area contributed by atoms with Crippen LogP contribution in [0.15, 0.2) is 53.5 Å². The molecular weight excluding hydrogens is 398 g/mol. The Morgan fingerprint density at radius 2 is 2.03 bits per heavy atom. The van der Waals surface area contributed by atoms with E-state index in [4.69, 9.17) is 10.5 Å². The topological polar surface area (TPSA) is 93.8 Å². The van der Waals surface area contributed by atoms with Gasteiger partial charge in [0.1, 0.15) is 0 Å². The number of nitrogens with one attached hydrogen (secondary N) is 1. The van der Waals surface area contributed by atoms with Crippen molar-refractivity contribution in [3.63, 3.8) is 0 Å². The third-order valence-electron chi connectivity index (χ3n) is 5.07. The van der Waals surface area contributed by atoms with E-state index in [0.717, 1.165) is 30.6 Å². The van der Waals surface area contributed by atoms with Gasteiger partial charge in [0.05, 0.1) is 23.4 Å². The van der Waals surface area contributed by atoms with E-state index >= 15 is 0 Å². The Balaban J connectivity index is 1.79. The van der Waals surface area contributed by atoms with Crippen molar-refractivity contribution in [2.75, 3.05) is 17.7 Å². The average molecular weight is 426 g/mol. The van der Waals surface area contributed by atoms with E-state index in [9.17, 15) is 9.59 Å². The molecule has 7 heteroatoms. The minimum absolute atomic E-state index is 0.295. The molecule has 0 aliphatic carbocycles. The molecule has 3 N–H and O–H groups in total. The summed E-state index contributed by atoms with van der Waals surface area (Å²) in [6.45, 7) is 4.42. The fourth-order valence-corrected chi connectivity index (χ4v) is 4.22. The molecule has 0 fully saturated rings. The number of rotatable bonds is 7. The number of anilines is 1. The summed E-state index contributed by atoms with van der Waals surface area (Å²) in [5.41, 5.74) is 7.67. The summed E-state index contributed by atoms with van der Waals surface area (Å²) in [5, 5.41) is 3.41. The first kappa shape index (κ1) is 21.9. The van der Waals surface area contributed by atoms with Gasteiger partial charge in [0.15, 0.2) is 5.17 Å². The zero-order chi connectivity index (χ0) is 21.6. The maximum absolute atomic E-state index is 12.9. The molecule has 1 heterocycles. The van der Waals surface area contributed by atoms with E-state index in [2.05, 4.69) is 10.3 Å². The van der Waals surface area contributed by atoms with Crippen LogP contribution in [0.2, 0.25) is 0 Å². The molecule has 0 saturated carbocycles. The number of benzene rings is 2. The van der Waals surface area contributed by atoms with E-state index in [1.807, 2.05) is 32.0 Å². The summed E-state index contributed by atoms with van der Waals surface area (Å²) in [6, 6.07) is 14.3. The predicted octanol–water partition coefficient (Wildman–Crippen LogP) is 4.56. The number of carbonyl (C=O) groups is 2. The molecule has 0 aromatic heterocycles. The summed E-state index contributed by atoms with van der Waals surface area (Å²) in [6.07, 6.45) is 2.59. The quantitative estimate of drug-likeness (QED) is 0.501. The molecule has 2 aromatic carbocycles. The van der Waals surface area contributed by atoms with Gasteiger partial charge in [0.2, 0.25) is 0 Å². The summed E-state index contributed by atoms with van der Waals surface area (Å²) in [7, 11) is 0. The summed E-state index contributed by atoms with van der Waals surface area (Å²) < 4.78 is 5.30. The fraction of sp³-hybridized carbons (Fsp3) is 0.348. The molecule has 6 nitrogen and oxygen atoms in total. The van der Waals surface area contributed by atoms with Crippen molar-refractivity contribution in [2.45, 2.75) is 38.6 Å². The van der Waals surface area contributed by atoms with Crippen LogP contribution in [0.5, 0.6) is 0 Å². The number of unbranched alkanes of at least 4 members (excludes halogenated alkanes) is 1. The van der Waals surface area contributed by atoms with Gasteiger partial charge in [-0.05, 0) is 49.6 Å². The Kier molecular flexibility index (Phi) is 7.15. The molecule has 1 aliphatic heterocycles. The lowest BCUT2D eigenvalue weighted by Gasteiger charge is -2.30. The minimum atomic E-state index is -0.452. The van der Waals surface area contributed by atoms with Crippen molar-refractivity contribution >= 4 is 34.5 Å². The predicted molar refractivity (Wildman–Crippen MR) is 122 cm³/mol. The summed E-state index contributed by atoms with van der Waals surface area (Å²) in [4.78, 5) is 29.9. The van der Waals surface area contributed by atoms with Crippen LogP contribution in [0.3, 0.4) is 0 Å². The fourth-order valence-electron chi connectivity index (χ4n) is 3.24. The van der Waals surface area contributed by atoms with Crippen LogP contribution < -0.4 is 11.1 Å². The number of amidine groups is 1. The van der Waals surface area contributed by atoms with Crippen molar-refractivity contribution in [1.29, 1.82) is 0 Å². The van der Waals surface area contributed by atoms with Crippen LogP contribution in [0.1, 0.15) is 59.4 Å². The van der Waals surface area contributed by atoms with E-state index in [-0.39, 0.29) is 5.91 Å². The molecule has 3 rings (SSSR count). The van der Waals surface area contributed by atoms with Gasteiger partial charge in [-0.2, -0.15) is 0 Å². The lowest BCUT2D eigenvalue weighted by Crippen LogP contribution is -2.29. The smallest absolute Gasteiger partial charge is 0.340 e. The van der Waals surface area contributed by atoms with Gasteiger partial charge in [-0.3, -0.25) is 9.79 Å². The maximum Gasteiger partial charge on any atom is 0.340 e. The number of carbonyl (C=O) groups excluding carboxylic acids is 2. The molecule has 158 valence electrons. The number of nitrogens with zero attached hydrogens (tertiary/aromatic N) is 1. The number of para-hydroxylation sites is 1. The van der Waals surface area contributed by atoms with Gasteiger partial charge >= 0.3 is 5.97 Å². The van der Waals surface area contributed by atoms with Gasteiger partial charge in [0, 0.05) is 11.3 Å². The van der Waals surface area contributed by atoms with E-state index in [1.165, 1.54) is 0 Å². The Morgan fingerprint density at radius 3 is 2.80 bits per heavy atom. The number of amides is 1. The standard InChI is InChI=1S/C23H27N3O3S/c1-3-4-13-29-21(28)18-10-5-6-11-19(18)25-20(27)16-8-7-9-17(15-16)23(2)12-14-30-22(24)26-23/h5-11,15H,3-4,12-14H2,1-2H3,(H2,24,26)(H,25,27). The zero-order valence-electron chi connectivity index (χ0n) is 17.3. The molecule has 1 unspecified atom stereocenters. The first-order valence-electron chi connectivity index (χ1n) is 10.1. The number of thioether (sulfide) groups is 1. The second kappa shape index (κ2) is 9.80. The largest absolute Gasteiger partial charge is 0.462 e. The molecule has 30 heavy (non-hydrogen) atoms. The number of nitrogens with two attached hydrogens (primary N) is 1. The molecule has 1 amide bonds. The highest BCUT2D eigenvalue weighted by atomic mass is 32.2. The zero-order valence-corrected chi connectivity index (χ0v) is 18.1. The van der Waals surface area contributed by atoms with Crippen LogP contribution in [0, 0.1) is 0 Å². The molecule has 1 atom stereocenters. The van der Waals surface area contributed by atoms with Gasteiger partial charge in [0.25, 0.3) is 5.91 Å².